The van der Waals surface area contributed by atoms with Crippen molar-refractivity contribution in [3.63, 3.8) is 0 Å². The molecule has 1 aromatic heterocycles. The molecule has 114 valence electrons. The third-order valence-electron chi connectivity index (χ3n) is 3.03. The van der Waals surface area contributed by atoms with Gasteiger partial charge in [0.2, 0.25) is 0 Å². The minimum Gasteiger partial charge on any atom is -0.491 e. The second-order valence-corrected chi connectivity index (χ2v) is 5.83. The van der Waals surface area contributed by atoms with Crippen molar-refractivity contribution in [1.82, 2.24) is 15.1 Å². The topological polar surface area (TPSA) is 39.1 Å². The minimum atomic E-state index is 0.584. The molecule has 0 radical (unpaired) electrons. The van der Waals surface area contributed by atoms with Crippen LogP contribution in [0.1, 0.15) is 19.4 Å². The van der Waals surface area contributed by atoms with Crippen molar-refractivity contribution in [2.75, 3.05) is 13.2 Å². The van der Waals surface area contributed by atoms with Crippen LogP contribution in [0.3, 0.4) is 0 Å². The van der Waals surface area contributed by atoms with Gasteiger partial charge in [-0.3, -0.25) is 4.68 Å². The highest BCUT2D eigenvalue weighted by atomic mass is 35.5. The van der Waals surface area contributed by atoms with Crippen molar-refractivity contribution in [3.05, 3.63) is 47.2 Å². The highest BCUT2D eigenvalue weighted by Gasteiger charge is 2.05. The van der Waals surface area contributed by atoms with Crippen molar-refractivity contribution in [2.45, 2.75) is 26.9 Å². The van der Waals surface area contributed by atoms with Crippen LogP contribution in [0.5, 0.6) is 5.75 Å². The molecule has 0 atom stereocenters. The maximum Gasteiger partial charge on any atom is 0.123 e. The lowest BCUT2D eigenvalue weighted by atomic mass is 10.2. The molecule has 1 aromatic carbocycles. The van der Waals surface area contributed by atoms with Gasteiger partial charge in [0.15, 0.2) is 0 Å². The molecule has 1 heterocycles. The van der Waals surface area contributed by atoms with Crippen molar-refractivity contribution in [3.8, 4) is 5.75 Å². The second kappa shape index (κ2) is 8.05. The number of nitrogens with one attached hydrogen (secondary N) is 1. The molecular formula is C16H22ClN3O. The molecule has 2 aromatic rings. The van der Waals surface area contributed by atoms with Crippen molar-refractivity contribution in [1.29, 1.82) is 0 Å². The van der Waals surface area contributed by atoms with Gasteiger partial charge in [0.1, 0.15) is 12.4 Å². The summed E-state index contributed by atoms with van der Waals surface area (Å²) in [5.74, 6) is 1.50. The average molecular weight is 308 g/mol. The molecule has 4 nitrogen and oxygen atoms in total. The molecule has 0 saturated carbocycles. The van der Waals surface area contributed by atoms with Crippen LogP contribution in [0.25, 0.3) is 0 Å². The Labute approximate surface area is 131 Å². The summed E-state index contributed by atoms with van der Waals surface area (Å²) in [7, 11) is 0. The molecule has 0 spiro atoms. The highest BCUT2D eigenvalue weighted by molar-refractivity contribution is 6.30. The SMILES string of the molecule is CC(C)CNCc1cc(Cl)ccc1OCCn1cccn1. The molecular weight excluding hydrogens is 286 g/mol. The lowest BCUT2D eigenvalue weighted by Gasteiger charge is -2.13. The highest BCUT2D eigenvalue weighted by Crippen LogP contribution is 2.23. The Balaban J connectivity index is 1.90. The maximum absolute atomic E-state index is 6.08. The third-order valence-corrected chi connectivity index (χ3v) is 3.26. The number of ether oxygens (including phenoxy) is 1. The van der Waals surface area contributed by atoms with E-state index in [1.54, 1.807) is 6.20 Å². The summed E-state index contributed by atoms with van der Waals surface area (Å²) in [5.41, 5.74) is 1.09. The van der Waals surface area contributed by atoms with Crippen LogP contribution >= 0.6 is 11.6 Å². The summed E-state index contributed by atoms with van der Waals surface area (Å²) >= 11 is 6.08. The molecule has 0 aliphatic carbocycles. The van der Waals surface area contributed by atoms with Crippen LogP contribution in [0.15, 0.2) is 36.7 Å². The van der Waals surface area contributed by atoms with E-state index in [1.807, 2.05) is 35.1 Å². The second-order valence-electron chi connectivity index (χ2n) is 5.39. The molecule has 0 amide bonds. The Morgan fingerprint density at radius 2 is 2.24 bits per heavy atom. The number of hydrogen-bond acceptors (Lipinski definition) is 3. The number of benzene rings is 1. The summed E-state index contributed by atoms with van der Waals surface area (Å²) in [6, 6.07) is 7.65. The number of halogens is 1. The number of nitrogens with zero attached hydrogens (tertiary/aromatic N) is 2. The normalized spacial score (nSPS) is 11.0. The molecule has 0 aliphatic rings. The largest absolute Gasteiger partial charge is 0.491 e. The van der Waals surface area contributed by atoms with Gasteiger partial charge in [-0.15, -0.1) is 0 Å². The Morgan fingerprint density at radius 3 is 2.95 bits per heavy atom. The molecule has 0 unspecified atom stereocenters. The Bertz CT molecular complexity index is 540. The summed E-state index contributed by atoms with van der Waals surface area (Å²) in [6.07, 6.45) is 3.69. The van der Waals surface area contributed by atoms with E-state index in [2.05, 4.69) is 24.3 Å². The standard InChI is InChI=1S/C16H22ClN3O/c1-13(2)11-18-12-14-10-15(17)4-5-16(14)21-9-8-20-7-3-6-19-20/h3-7,10,13,18H,8-9,11-12H2,1-2H3. The molecule has 5 heteroatoms. The van der Waals surface area contributed by atoms with Crippen molar-refractivity contribution < 1.29 is 4.74 Å². The van der Waals surface area contributed by atoms with Gasteiger partial charge < -0.3 is 10.1 Å². The molecule has 2 rings (SSSR count). The molecule has 0 saturated heterocycles. The predicted octanol–water partition coefficient (Wildman–Crippen LogP) is 3.36. The Hall–Kier alpha value is -1.52. The van der Waals surface area contributed by atoms with Gasteiger partial charge in [0.25, 0.3) is 0 Å². The van der Waals surface area contributed by atoms with E-state index in [1.165, 1.54) is 0 Å². The van der Waals surface area contributed by atoms with E-state index in [4.69, 9.17) is 16.3 Å². The van der Waals surface area contributed by atoms with Crippen LogP contribution < -0.4 is 10.1 Å². The molecule has 21 heavy (non-hydrogen) atoms. The number of hydrogen-bond donors (Lipinski definition) is 1. The summed E-state index contributed by atoms with van der Waals surface area (Å²) < 4.78 is 7.72. The number of aromatic nitrogens is 2. The number of rotatable bonds is 8. The third kappa shape index (κ3) is 5.40. The van der Waals surface area contributed by atoms with Gasteiger partial charge in [-0.05, 0) is 36.7 Å². The van der Waals surface area contributed by atoms with E-state index >= 15 is 0 Å². The average Bonchev–Trinajstić information content (AvgIpc) is 2.94. The van der Waals surface area contributed by atoms with E-state index in [0.29, 0.717) is 12.5 Å². The maximum atomic E-state index is 6.08. The lowest BCUT2D eigenvalue weighted by molar-refractivity contribution is 0.288. The van der Waals surface area contributed by atoms with Gasteiger partial charge in [-0.1, -0.05) is 25.4 Å². The molecule has 0 fully saturated rings. The molecule has 0 aliphatic heterocycles. The lowest BCUT2D eigenvalue weighted by Crippen LogP contribution is -2.19. The van der Waals surface area contributed by atoms with Crippen LogP contribution in [0.2, 0.25) is 5.02 Å². The summed E-state index contributed by atoms with van der Waals surface area (Å²) in [4.78, 5) is 0. The first kappa shape index (κ1) is 15.9. The van der Waals surface area contributed by atoms with Crippen molar-refractivity contribution >= 4 is 11.6 Å². The van der Waals surface area contributed by atoms with Gasteiger partial charge in [-0.2, -0.15) is 5.10 Å². The Kier molecular flexibility index (Phi) is 6.08. The first-order valence-corrected chi connectivity index (χ1v) is 7.62. The van der Waals surface area contributed by atoms with Crippen LogP contribution in [-0.2, 0) is 13.1 Å². The van der Waals surface area contributed by atoms with Gasteiger partial charge in [0.05, 0.1) is 6.54 Å². The monoisotopic (exact) mass is 307 g/mol. The quantitative estimate of drug-likeness (QED) is 0.813. The van der Waals surface area contributed by atoms with E-state index in [0.717, 1.165) is 36.0 Å². The fourth-order valence-electron chi connectivity index (χ4n) is 2.00. The zero-order valence-electron chi connectivity index (χ0n) is 12.6. The summed E-state index contributed by atoms with van der Waals surface area (Å²) in [6.45, 7) is 7.42. The van der Waals surface area contributed by atoms with E-state index in [-0.39, 0.29) is 0 Å². The molecule has 1 N–H and O–H groups in total. The molecule has 0 bridgehead atoms. The van der Waals surface area contributed by atoms with E-state index < -0.39 is 0 Å². The zero-order chi connectivity index (χ0) is 15.1. The van der Waals surface area contributed by atoms with Gasteiger partial charge in [0, 0.05) is 29.5 Å². The van der Waals surface area contributed by atoms with Crippen LogP contribution in [-0.4, -0.2) is 22.9 Å². The Morgan fingerprint density at radius 1 is 1.38 bits per heavy atom. The van der Waals surface area contributed by atoms with Gasteiger partial charge in [-0.25, -0.2) is 0 Å². The minimum absolute atomic E-state index is 0.584. The van der Waals surface area contributed by atoms with Crippen LogP contribution in [0, 0.1) is 5.92 Å². The van der Waals surface area contributed by atoms with Crippen molar-refractivity contribution in [2.24, 2.45) is 5.92 Å². The smallest absolute Gasteiger partial charge is 0.123 e. The fourth-order valence-corrected chi connectivity index (χ4v) is 2.20. The summed E-state index contributed by atoms with van der Waals surface area (Å²) in [5, 5.41) is 8.30. The first-order chi connectivity index (χ1) is 10.1. The fraction of sp³-hybridized carbons (Fsp3) is 0.438. The zero-order valence-corrected chi connectivity index (χ0v) is 13.3. The van der Waals surface area contributed by atoms with E-state index in [9.17, 15) is 0 Å². The van der Waals surface area contributed by atoms with Gasteiger partial charge >= 0.3 is 0 Å². The predicted molar refractivity (Wildman–Crippen MR) is 85.7 cm³/mol. The van der Waals surface area contributed by atoms with Crippen LogP contribution in [0.4, 0.5) is 0 Å². The first-order valence-electron chi connectivity index (χ1n) is 7.24.